The minimum Gasteiger partial charge on any atom is -0.508 e. The fraction of sp³-hybridized carbons (Fsp3) is 0.200. The van der Waals surface area contributed by atoms with Crippen molar-refractivity contribution in [1.82, 2.24) is 10.9 Å². The van der Waals surface area contributed by atoms with Crippen LogP contribution in [0.5, 0.6) is 11.5 Å². The lowest BCUT2D eigenvalue weighted by Gasteiger charge is -2.06. The summed E-state index contributed by atoms with van der Waals surface area (Å²) in [5.74, 6) is -1.65. The Morgan fingerprint density at radius 2 is 1.04 bits per heavy atom. The summed E-state index contributed by atoms with van der Waals surface area (Å²) < 4.78 is 0. The molecule has 0 heterocycles. The first kappa shape index (κ1) is 20.6. The summed E-state index contributed by atoms with van der Waals surface area (Å²) in [4.78, 5) is 23.9. The number of benzene rings is 2. The van der Waals surface area contributed by atoms with Crippen molar-refractivity contribution in [2.45, 2.75) is 26.7 Å². The van der Waals surface area contributed by atoms with Gasteiger partial charge in [0.25, 0.3) is 0 Å². The van der Waals surface area contributed by atoms with Crippen LogP contribution in [0.2, 0.25) is 0 Å². The number of carbonyl (C=O) groups is 2. The van der Waals surface area contributed by atoms with Crippen LogP contribution in [0.15, 0.2) is 58.7 Å². The molecule has 0 saturated carbocycles. The summed E-state index contributed by atoms with van der Waals surface area (Å²) in [7, 11) is 0. The third-order valence-corrected chi connectivity index (χ3v) is 3.86. The molecule has 0 spiro atoms. The molecule has 8 nitrogen and oxygen atoms in total. The molecule has 0 aliphatic carbocycles. The molecule has 0 atom stereocenters. The first-order chi connectivity index (χ1) is 13.4. The Labute approximate surface area is 162 Å². The summed E-state index contributed by atoms with van der Waals surface area (Å²) in [6, 6.07) is 12.7. The van der Waals surface area contributed by atoms with Crippen LogP contribution in [-0.2, 0) is 9.59 Å². The maximum Gasteiger partial charge on any atom is 0.331 e. The van der Waals surface area contributed by atoms with E-state index in [2.05, 4.69) is 21.1 Å². The van der Waals surface area contributed by atoms with Gasteiger partial charge >= 0.3 is 11.8 Å². The number of phenolic OH excluding ortho intramolecular Hbond substituents is 2. The molecule has 0 aliphatic rings. The highest BCUT2D eigenvalue weighted by Gasteiger charge is 2.13. The SMILES string of the molecule is CCC(=NNC(=O)C(=O)NN=C(CC)c1ccc(O)cc1)c1ccc(O)cc1. The summed E-state index contributed by atoms with van der Waals surface area (Å²) >= 11 is 0. The zero-order valence-electron chi connectivity index (χ0n) is 15.6. The topological polar surface area (TPSA) is 123 Å². The van der Waals surface area contributed by atoms with Gasteiger partial charge in [-0.15, -0.1) is 0 Å². The normalized spacial score (nSPS) is 11.8. The van der Waals surface area contributed by atoms with Gasteiger partial charge in [0.15, 0.2) is 0 Å². The van der Waals surface area contributed by atoms with Gasteiger partial charge in [-0.05, 0) is 72.5 Å². The maximum atomic E-state index is 12.0. The molecular formula is C20H22N4O4. The second kappa shape index (κ2) is 9.86. The molecule has 146 valence electrons. The molecule has 2 amide bonds. The molecule has 0 radical (unpaired) electrons. The fourth-order valence-corrected chi connectivity index (χ4v) is 2.34. The second-order valence-corrected chi connectivity index (χ2v) is 5.80. The number of nitrogens with one attached hydrogen (secondary N) is 2. The van der Waals surface area contributed by atoms with E-state index in [1.165, 1.54) is 24.3 Å². The number of aromatic hydroxyl groups is 2. The molecule has 0 aromatic heterocycles. The molecule has 2 aromatic rings. The maximum absolute atomic E-state index is 12.0. The molecule has 2 rings (SSSR count). The summed E-state index contributed by atoms with van der Waals surface area (Å²) in [5, 5.41) is 26.6. The number of rotatable bonds is 6. The Morgan fingerprint density at radius 1 is 0.714 bits per heavy atom. The molecule has 2 aromatic carbocycles. The molecular weight excluding hydrogens is 360 g/mol. The number of carbonyl (C=O) groups excluding carboxylic acids is 2. The highest BCUT2D eigenvalue weighted by Crippen LogP contribution is 2.12. The van der Waals surface area contributed by atoms with Crippen LogP contribution in [0, 0.1) is 0 Å². The third-order valence-electron chi connectivity index (χ3n) is 3.86. The van der Waals surface area contributed by atoms with Crippen LogP contribution in [-0.4, -0.2) is 33.5 Å². The third kappa shape index (κ3) is 5.66. The highest BCUT2D eigenvalue weighted by molar-refractivity contribution is 6.35. The van der Waals surface area contributed by atoms with Crippen LogP contribution in [0.4, 0.5) is 0 Å². The number of hydrogen-bond acceptors (Lipinski definition) is 6. The van der Waals surface area contributed by atoms with Gasteiger partial charge in [0.2, 0.25) is 0 Å². The average Bonchev–Trinajstić information content (AvgIpc) is 2.71. The van der Waals surface area contributed by atoms with E-state index in [9.17, 15) is 19.8 Å². The largest absolute Gasteiger partial charge is 0.508 e. The van der Waals surface area contributed by atoms with Gasteiger partial charge in [-0.25, -0.2) is 10.9 Å². The zero-order valence-corrected chi connectivity index (χ0v) is 15.6. The molecule has 0 aliphatic heterocycles. The van der Waals surface area contributed by atoms with Crippen molar-refractivity contribution >= 4 is 23.2 Å². The van der Waals surface area contributed by atoms with E-state index in [1.807, 2.05) is 13.8 Å². The number of nitrogens with zero attached hydrogens (tertiary/aromatic N) is 2. The van der Waals surface area contributed by atoms with Crippen molar-refractivity contribution in [2.75, 3.05) is 0 Å². The predicted molar refractivity (Wildman–Crippen MR) is 106 cm³/mol. The lowest BCUT2D eigenvalue weighted by molar-refractivity contribution is -0.139. The number of hydrazone groups is 2. The van der Waals surface area contributed by atoms with Crippen molar-refractivity contribution < 1.29 is 19.8 Å². The molecule has 28 heavy (non-hydrogen) atoms. The number of phenols is 2. The van der Waals surface area contributed by atoms with E-state index >= 15 is 0 Å². The number of amides is 2. The van der Waals surface area contributed by atoms with Gasteiger partial charge in [0, 0.05) is 0 Å². The first-order valence-corrected chi connectivity index (χ1v) is 8.76. The van der Waals surface area contributed by atoms with Crippen LogP contribution in [0.25, 0.3) is 0 Å². The minimum absolute atomic E-state index is 0.126. The Morgan fingerprint density at radius 3 is 1.32 bits per heavy atom. The van der Waals surface area contributed by atoms with Crippen molar-refractivity contribution in [2.24, 2.45) is 10.2 Å². The van der Waals surface area contributed by atoms with Crippen molar-refractivity contribution in [1.29, 1.82) is 0 Å². The lowest BCUT2D eigenvalue weighted by Crippen LogP contribution is -2.36. The van der Waals surface area contributed by atoms with Gasteiger partial charge in [-0.2, -0.15) is 10.2 Å². The molecule has 0 bridgehead atoms. The molecule has 8 heteroatoms. The van der Waals surface area contributed by atoms with E-state index in [-0.39, 0.29) is 11.5 Å². The average molecular weight is 382 g/mol. The Kier molecular flexibility index (Phi) is 7.27. The van der Waals surface area contributed by atoms with E-state index in [0.717, 1.165) is 11.1 Å². The van der Waals surface area contributed by atoms with Crippen LogP contribution < -0.4 is 10.9 Å². The van der Waals surface area contributed by atoms with Crippen molar-refractivity contribution in [3.05, 3.63) is 59.7 Å². The standard InChI is InChI=1S/C20H22N4O4/c1-3-17(13-5-9-15(25)10-6-13)21-23-19(27)20(28)24-22-18(4-2)14-7-11-16(26)12-8-14/h5-12,25-26H,3-4H2,1-2H3,(H,23,27)(H,24,28). The van der Waals surface area contributed by atoms with Gasteiger partial charge in [0.1, 0.15) is 11.5 Å². The first-order valence-electron chi connectivity index (χ1n) is 8.76. The quantitative estimate of drug-likeness (QED) is 0.347. The second-order valence-electron chi connectivity index (χ2n) is 5.80. The van der Waals surface area contributed by atoms with Crippen LogP contribution in [0.1, 0.15) is 37.8 Å². The number of hydrogen-bond donors (Lipinski definition) is 4. The van der Waals surface area contributed by atoms with Gasteiger partial charge in [-0.1, -0.05) is 13.8 Å². The lowest BCUT2D eigenvalue weighted by atomic mass is 10.1. The van der Waals surface area contributed by atoms with Crippen molar-refractivity contribution in [3.8, 4) is 11.5 Å². The predicted octanol–water partition coefficient (Wildman–Crippen LogP) is 2.26. The molecule has 4 N–H and O–H groups in total. The monoisotopic (exact) mass is 382 g/mol. The van der Waals surface area contributed by atoms with E-state index in [4.69, 9.17) is 0 Å². The minimum atomic E-state index is -0.949. The summed E-state index contributed by atoms with van der Waals surface area (Å²) in [5.41, 5.74) is 6.98. The van der Waals surface area contributed by atoms with Gasteiger partial charge < -0.3 is 10.2 Å². The smallest absolute Gasteiger partial charge is 0.331 e. The van der Waals surface area contributed by atoms with Crippen molar-refractivity contribution in [3.63, 3.8) is 0 Å². The highest BCUT2D eigenvalue weighted by atomic mass is 16.3. The zero-order chi connectivity index (χ0) is 20.5. The Bertz CT molecular complexity index is 812. The van der Waals surface area contributed by atoms with E-state index in [0.29, 0.717) is 24.3 Å². The molecule has 0 fully saturated rings. The van der Waals surface area contributed by atoms with E-state index in [1.54, 1.807) is 24.3 Å². The molecule has 0 saturated heterocycles. The van der Waals surface area contributed by atoms with Gasteiger partial charge in [0.05, 0.1) is 11.4 Å². The Hall–Kier alpha value is -3.68. The van der Waals surface area contributed by atoms with Crippen LogP contribution >= 0.6 is 0 Å². The summed E-state index contributed by atoms with van der Waals surface area (Å²) in [6.45, 7) is 3.71. The Balaban J connectivity index is 2.02. The fourth-order valence-electron chi connectivity index (χ4n) is 2.34. The van der Waals surface area contributed by atoms with Crippen LogP contribution in [0.3, 0.4) is 0 Å². The summed E-state index contributed by atoms with van der Waals surface area (Å²) in [6.07, 6.45) is 1.04. The van der Waals surface area contributed by atoms with E-state index < -0.39 is 11.8 Å². The van der Waals surface area contributed by atoms with Gasteiger partial charge in [-0.3, -0.25) is 9.59 Å². The molecule has 0 unspecified atom stereocenters.